The maximum Gasteiger partial charge on any atom is 0.244 e. The molecule has 0 fully saturated rings. The number of carbonyl (C=O) groups excluding carboxylic acids is 1. The van der Waals surface area contributed by atoms with Crippen LogP contribution in [-0.4, -0.2) is 33.4 Å². The molecule has 0 aliphatic rings. The van der Waals surface area contributed by atoms with Gasteiger partial charge in [0.2, 0.25) is 5.91 Å². The van der Waals surface area contributed by atoms with Crippen LogP contribution >= 0.6 is 24.8 Å². The van der Waals surface area contributed by atoms with E-state index < -0.39 is 0 Å². The molecule has 3 heterocycles. The molecule has 4 N–H and O–H groups in total. The van der Waals surface area contributed by atoms with Gasteiger partial charge in [-0.3, -0.25) is 9.78 Å². The topological polar surface area (TPSA) is 96.7 Å². The van der Waals surface area contributed by atoms with Gasteiger partial charge in [-0.05, 0) is 42.3 Å². The van der Waals surface area contributed by atoms with Gasteiger partial charge in [0.1, 0.15) is 5.65 Å². The van der Waals surface area contributed by atoms with Gasteiger partial charge >= 0.3 is 0 Å². The third-order valence-electron chi connectivity index (χ3n) is 3.76. The highest BCUT2D eigenvalue weighted by Gasteiger charge is 2.10. The average molecular weight is 394 g/mol. The third-order valence-corrected chi connectivity index (χ3v) is 3.76. The molecule has 3 aromatic rings. The molecule has 0 bridgehead atoms. The van der Waals surface area contributed by atoms with Crippen LogP contribution in [0.4, 0.5) is 0 Å². The first-order valence-corrected chi connectivity index (χ1v) is 7.76. The maximum absolute atomic E-state index is 12.1. The third kappa shape index (κ3) is 5.56. The van der Waals surface area contributed by atoms with E-state index >= 15 is 0 Å². The number of H-pyrrole nitrogens is 1. The molecule has 0 aliphatic heterocycles. The molecule has 3 rings (SSSR count). The molecule has 0 spiro atoms. The molecule has 138 valence electrons. The molecule has 3 aromatic heterocycles. The van der Waals surface area contributed by atoms with Gasteiger partial charge in [-0.2, -0.15) is 0 Å². The van der Waals surface area contributed by atoms with Gasteiger partial charge in [0.25, 0.3) is 0 Å². The zero-order chi connectivity index (χ0) is 16.8. The van der Waals surface area contributed by atoms with Gasteiger partial charge in [-0.1, -0.05) is 0 Å². The number of nitrogens with two attached hydrogens (primary N) is 1. The zero-order valence-corrected chi connectivity index (χ0v) is 15.6. The lowest BCUT2D eigenvalue weighted by Crippen LogP contribution is -2.40. The van der Waals surface area contributed by atoms with Gasteiger partial charge in [0.05, 0.1) is 0 Å². The minimum atomic E-state index is -0.169. The van der Waals surface area contributed by atoms with Gasteiger partial charge in [0.15, 0.2) is 0 Å². The number of hydrogen-bond donors (Lipinski definition) is 3. The van der Waals surface area contributed by atoms with E-state index in [0.29, 0.717) is 13.0 Å². The number of hydrogen-bond acceptors (Lipinski definition) is 4. The van der Waals surface area contributed by atoms with Crippen LogP contribution in [0.2, 0.25) is 0 Å². The molecule has 0 aromatic carbocycles. The highest BCUT2D eigenvalue weighted by atomic mass is 35.5. The lowest BCUT2D eigenvalue weighted by molar-refractivity contribution is -0.117. The minimum absolute atomic E-state index is 0. The Balaban J connectivity index is 0.00000169. The van der Waals surface area contributed by atoms with Crippen molar-refractivity contribution in [3.63, 3.8) is 0 Å². The average Bonchev–Trinajstić information content (AvgIpc) is 3.03. The molecule has 6 nitrogen and oxygen atoms in total. The summed E-state index contributed by atoms with van der Waals surface area (Å²) in [5.41, 5.74) is 8.58. The number of pyridine rings is 2. The summed E-state index contributed by atoms with van der Waals surface area (Å²) in [5, 5.41) is 3.91. The van der Waals surface area contributed by atoms with Crippen molar-refractivity contribution < 1.29 is 4.79 Å². The second-order valence-electron chi connectivity index (χ2n) is 5.48. The molecule has 1 atom stereocenters. The molecule has 26 heavy (non-hydrogen) atoms. The van der Waals surface area contributed by atoms with Crippen molar-refractivity contribution in [2.45, 2.75) is 12.5 Å². The second kappa shape index (κ2) is 10.6. The summed E-state index contributed by atoms with van der Waals surface area (Å²) in [6.45, 7) is 0.374. The van der Waals surface area contributed by atoms with Crippen LogP contribution in [0.1, 0.15) is 11.1 Å². The highest BCUT2D eigenvalue weighted by Crippen LogP contribution is 2.16. The van der Waals surface area contributed by atoms with Crippen molar-refractivity contribution in [2.75, 3.05) is 6.54 Å². The number of nitrogens with zero attached hydrogens (tertiary/aromatic N) is 2. The highest BCUT2D eigenvalue weighted by molar-refractivity contribution is 5.95. The van der Waals surface area contributed by atoms with Crippen LogP contribution in [0.15, 0.2) is 55.1 Å². The van der Waals surface area contributed by atoms with Crippen molar-refractivity contribution in [1.29, 1.82) is 0 Å². The molecule has 0 saturated carbocycles. The van der Waals surface area contributed by atoms with Gasteiger partial charge in [-0.25, -0.2) is 4.98 Å². The predicted octanol–water partition coefficient (Wildman–Crippen LogP) is 2.50. The van der Waals surface area contributed by atoms with Gasteiger partial charge < -0.3 is 16.0 Å². The van der Waals surface area contributed by atoms with Crippen LogP contribution in [0.3, 0.4) is 0 Å². The number of aromatic nitrogens is 3. The number of fused-ring (bicyclic) bond motifs is 1. The fourth-order valence-electron chi connectivity index (χ4n) is 2.53. The Kier molecular flexibility index (Phi) is 8.78. The normalized spacial score (nSPS) is 11.6. The summed E-state index contributed by atoms with van der Waals surface area (Å²) >= 11 is 0. The Morgan fingerprint density at radius 3 is 2.73 bits per heavy atom. The zero-order valence-electron chi connectivity index (χ0n) is 14.0. The minimum Gasteiger partial charge on any atom is -0.348 e. The van der Waals surface area contributed by atoms with E-state index in [1.165, 1.54) is 6.08 Å². The first kappa shape index (κ1) is 21.6. The van der Waals surface area contributed by atoms with E-state index in [-0.39, 0.29) is 36.8 Å². The van der Waals surface area contributed by atoms with Crippen molar-refractivity contribution in [3.05, 3.63) is 66.3 Å². The van der Waals surface area contributed by atoms with Crippen LogP contribution in [0, 0.1) is 0 Å². The summed E-state index contributed by atoms with van der Waals surface area (Å²) in [4.78, 5) is 23.4. The van der Waals surface area contributed by atoms with E-state index in [1.54, 1.807) is 24.7 Å². The number of halogens is 2. The number of nitrogens with one attached hydrogen (secondary N) is 2. The summed E-state index contributed by atoms with van der Waals surface area (Å²) in [6.07, 6.45) is 11.0. The molecule has 1 amide bonds. The fraction of sp³-hybridized carbons (Fsp3) is 0.167. The largest absolute Gasteiger partial charge is 0.348 e. The van der Waals surface area contributed by atoms with Crippen molar-refractivity contribution in [3.8, 4) is 0 Å². The van der Waals surface area contributed by atoms with Crippen LogP contribution in [0.5, 0.6) is 0 Å². The van der Waals surface area contributed by atoms with E-state index in [2.05, 4.69) is 20.3 Å². The molecule has 0 unspecified atom stereocenters. The number of carbonyl (C=O) groups is 1. The van der Waals surface area contributed by atoms with Gasteiger partial charge in [-0.15, -0.1) is 24.8 Å². The maximum atomic E-state index is 12.1. The van der Waals surface area contributed by atoms with Crippen molar-refractivity contribution >= 4 is 47.8 Å². The standard InChI is InChI=1S/C18H19N5O.2ClH/c19-11-15(10-13-5-8-20-9-6-13)23-17(24)4-3-14-12-22-18-16(14)2-1-7-21-18;;/h1-9,12,15H,10-11,19H2,(H,21,22)(H,23,24);2*1H/t15-;;/m0../s1. The molecular formula is C18H21Cl2N5O. The number of aromatic amines is 1. The van der Waals surface area contributed by atoms with E-state index in [9.17, 15) is 4.79 Å². The van der Waals surface area contributed by atoms with E-state index in [1.807, 2.05) is 30.5 Å². The summed E-state index contributed by atoms with van der Waals surface area (Å²) < 4.78 is 0. The fourth-order valence-corrected chi connectivity index (χ4v) is 2.53. The first-order chi connectivity index (χ1) is 11.8. The monoisotopic (exact) mass is 393 g/mol. The number of amides is 1. The Morgan fingerprint density at radius 1 is 1.23 bits per heavy atom. The van der Waals surface area contributed by atoms with E-state index in [4.69, 9.17) is 5.73 Å². The first-order valence-electron chi connectivity index (χ1n) is 7.76. The molecule has 0 radical (unpaired) electrons. The SMILES string of the molecule is Cl.Cl.NC[C@H](Cc1ccncc1)NC(=O)C=Cc1c[nH]c2ncccc12. The summed E-state index contributed by atoms with van der Waals surface area (Å²) in [6, 6.07) is 7.55. The van der Waals surface area contributed by atoms with E-state index in [0.717, 1.165) is 22.2 Å². The van der Waals surface area contributed by atoms with Crippen LogP contribution in [0.25, 0.3) is 17.1 Å². The Bertz CT molecular complexity index is 851. The molecule has 0 aliphatic carbocycles. The second-order valence-corrected chi connectivity index (χ2v) is 5.48. The molecular weight excluding hydrogens is 373 g/mol. The Hall–Kier alpha value is -2.41. The lowest BCUT2D eigenvalue weighted by atomic mass is 10.1. The summed E-state index contributed by atoms with van der Waals surface area (Å²) in [7, 11) is 0. The predicted molar refractivity (Wildman–Crippen MR) is 109 cm³/mol. The number of rotatable bonds is 6. The molecule has 8 heteroatoms. The Morgan fingerprint density at radius 2 is 2.00 bits per heavy atom. The van der Waals surface area contributed by atoms with Gasteiger partial charge in [0, 0.05) is 54.4 Å². The lowest BCUT2D eigenvalue weighted by Gasteiger charge is -2.15. The smallest absolute Gasteiger partial charge is 0.244 e. The molecule has 0 saturated heterocycles. The van der Waals surface area contributed by atoms with Crippen molar-refractivity contribution in [1.82, 2.24) is 20.3 Å². The van der Waals surface area contributed by atoms with Crippen molar-refractivity contribution in [2.24, 2.45) is 5.73 Å². The van der Waals surface area contributed by atoms with Crippen LogP contribution in [-0.2, 0) is 11.2 Å². The van der Waals surface area contributed by atoms with Crippen LogP contribution < -0.4 is 11.1 Å². The Labute approximate surface area is 164 Å². The quantitative estimate of drug-likeness (QED) is 0.560. The summed E-state index contributed by atoms with van der Waals surface area (Å²) in [5.74, 6) is -0.169.